The fourth-order valence-corrected chi connectivity index (χ4v) is 3.71. The van der Waals surface area contributed by atoms with E-state index in [9.17, 15) is 19.8 Å². The Labute approximate surface area is 181 Å². The molecule has 1 aliphatic heterocycles. The van der Waals surface area contributed by atoms with Crippen LogP contribution in [-0.2, 0) is 21.7 Å². The maximum Gasteiger partial charge on any atom is 0.264 e. The largest absolute Gasteiger partial charge is 0.396 e. The molecule has 0 saturated carbocycles. The van der Waals surface area contributed by atoms with Gasteiger partial charge in [-0.3, -0.25) is 9.59 Å². The Balaban J connectivity index is 2.03. The molecule has 7 heteroatoms. The number of hydrogen-bond acceptors (Lipinski definition) is 5. The van der Waals surface area contributed by atoms with Crippen LogP contribution in [0.2, 0.25) is 0 Å². The second kappa shape index (κ2) is 9.43. The number of nitrogens with one attached hydrogen (secondary N) is 1. The predicted molar refractivity (Wildman–Crippen MR) is 118 cm³/mol. The molecule has 0 fully saturated rings. The lowest BCUT2D eigenvalue weighted by Crippen LogP contribution is -2.44. The van der Waals surface area contributed by atoms with Crippen molar-refractivity contribution in [3.8, 4) is 0 Å². The molecule has 3 rings (SSSR count). The summed E-state index contributed by atoms with van der Waals surface area (Å²) >= 11 is 0. The lowest BCUT2D eigenvalue weighted by atomic mass is 9.82. The standard InChI is InChI=1S/C24H28N2O5/c1-16(8-6-7-13-27)24(31)20-14-19(25-22(29)17(2)28)11-12-21(20)26(23(24)30)15-18-9-4-3-5-10-18/h3-6,8-12,14,16-17,27-28,31H,7,13,15H2,1-2H3,(H,25,29)/b8-6+/t16-,17+,24+/m1/s1. The Kier molecular flexibility index (Phi) is 6.90. The van der Waals surface area contributed by atoms with Crippen LogP contribution >= 0.6 is 0 Å². The normalized spacial score (nSPS) is 20.0. The zero-order valence-electron chi connectivity index (χ0n) is 17.7. The summed E-state index contributed by atoms with van der Waals surface area (Å²) in [5.41, 5.74) is 0.415. The van der Waals surface area contributed by atoms with Gasteiger partial charge in [0.1, 0.15) is 6.10 Å². The van der Waals surface area contributed by atoms with Gasteiger partial charge in [-0.2, -0.15) is 0 Å². The molecule has 3 atom stereocenters. The third kappa shape index (κ3) is 4.54. The number of hydrogen-bond donors (Lipinski definition) is 4. The number of aliphatic hydroxyl groups is 3. The van der Waals surface area contributed by atoms with E-state index in [0.717, 1.165) is 5.56 Å². The Morgan fingerprint density at radius 2 is 1.90 bits per heavy atom. The van der Waals surface area contributed by atoms with Crippen LogP contribution in [-0.4, -0.2) is 39.8 Å². The summed E-state index contributed by atoms with van der Waals surface area (Å²) < 4.78 is 0. The van der Waals surface area contributed by atoms with Gasteiger partial charge in [0, 0.05) is 23.8 Å². The molecule has 4 N–H and O–H groups in total. The van der Waals surface area contributed by atoms with Gasteiger partial charge < -0.3 is 25.5 Å². The first kappa shape index (κ1) is 22.7. The maximum absolute atomic E-state index is 13.5. The van der Waals surface area contributed by atoms with E-state index in [1.54, 1.807) is 42.2 Å². The van der Waals surface area contributed by atoms with Crippen LogP contribution in [0.5, 0.6) is 0 Å². The number of carbonyl (C=O) groups is 2. The summed E-state index contributed by atoms with van der Waals surface area (Å²) in [5, 5.41) is 32.7. The van der Waals surface area contributed by atoms with Crippen LogP contribution in [0, 0.1) is 5.92 Å². The number of benzene rings is 2. The molecule has 7 nitrogen and oxygen atoms in total. The molecule has 0 saturated heterocycles. The van der Waals surface area contributed by atoms with E-state index in [2.05, 4.69) is 5.32 Å². The molecule has 31 heavy (non-hydrogen) atoms. The molecule has 0 aliphatic carbocycles. The minimum atomic E-state index is -1.83. The third-order valence-electron chi connectivity index (χ3n) is 5.48. The second-order valence-corrected chi connectivity index (χ2v) is 7.77. The van der Waals surface area contributed by atoms with Crippen LogP contribution in [0.3, 0.4) is 0 Å². The highest BCUT2D eigenvalue weighted by Gasteiger charge is 2.52. The molecule has 164 valence electrons. The van der Waals surface area contributed by atoms with E-state index < -0.39 is 29.4 Å². The van der Waals surface area contributed by atoms with Crippen molar-refractivity contribution in [1.29, 1.82) is 0 Å². The van der Waals surface area contributed by atoms with E-state index in [1.165, 1.54) is 6.92 Å². The molecule has 2 aromatic carbocycles. The van der Waals surface area contributed by atoms with Crippen molar-refractivity contribution in [2.24, 2.45) is 5.92 Å². The number of nitrogens with zero attached hydrogens (tertiary/aromatic N) is 1. The summed E-state index contributed by atoms with van der Waals surface area (Å²) in [6.07, 6.45) is 2.67. The van der Waals surface area contributed by atoms with Gasteiger partial charge in [-0.25, -0.2) is 0 Å². The SMILES string of the molecule is C[C@H](O)C(=O)Nc1ccc2c(c1)[C@@](O)([C@H](C)/C=C/CCO)C(=O)N2Cc1ccccc1. The van der Waals surface area contributed by atoms with Crippen molar-refractivity contribution in [2.75, 3.05) is 16.8 Å². The van der Waals surface area contributed by atoms with Gasteiger partial charge in [0.15, 0.2) is 5.60 Å². The summed E-state index contributed by atoms with van der Waals surface area (Å²) in [4.78, 5) is 26.9. The molecule has 0 bridgehead atoms. The molecule has 0 aromatic heterocycles. The highest BCUT2D eigenvalue weighted by atomic mass is 16.3. The molecule has 0 radical (unpaired) electrons. The Morgan fingerprint density at radius 3 is 2.55 bits per heavy atom. The first-order chi connectivity index (χ1) is 14.8. The fraction of sp³-hybridized carbons (Fsp3) is 0.333. The highest BCUT2D eigenvalue weighted by Crippen LogP contribution is 2.46. The molecule has 2 aromatic rings. The monoisotopic (exact) mass is 424 g/mol. The average molecular weight is 424 g/mol. The number of fused-ring (bicyclic) bond motifs is 1. The van der Waals surface area contributed by atoms with Crippen molar-refractivity contribution in [3.63, 3.8) is 0 Å². The van der Waals surface area contributed by atoms with Crippen molar-refractivity contribution in [3.05, 3.63) is 71.8 Å². The molecular weight excluding hydrogens is 396 g/mol. The van der Waals surface area contributed by atoms with Gasteiger partial charge in [0.05, 0.1) is 12.2 Å². The lowest BCUT2D eigenvalue weighted by Gasteiger charge is -2.28. The maximum atomic E-state index is 13.5. The topological polar surface area (TPSA) is 110 Å². The zero-order chi connectivity index (χ0) is 22.6. The molecule has 0 spiro atoms. The van der Waals surface area contributed by atoms with Crippen molar-refractivity contribution in [2.45, 2.75) is 38.5 Å². The van der Waals surface area contributed by atoms with Crippen LogP contribution in [0.4, 0.5) is 11.4 Å². The van der Waals surface area contributed by atoms with Crippen LogP contribution in [0.1, 0.15) is 31.4 Å². The lowest BCUT2D eigenvalue weighted by molar-refractivity contribution is -0.139. The predicted octanol–water partition coefficient (Wildman–Crippen LogP) is 2.32. The molecular formula is C24H28N2O5. The molecule has 2 amide bonds. The number of anilines is 2. The molecule has 1 heterocycles. The van der Waals surface area contributed by atoms with Gasteiger partial charge >= 0.3 is 0 Å². The van der Waals surface area contributed by atoms with Crippen LogP contribution in [0.25, 0.3) is 0 Å². The molecule has 0 unspecified atom stereocenters. The number of carbonyl (C=O) groups excluding carboxylic acids is 2. The number of aliphatic hydroxyl groups excluding tert-OH is 2. The van der Waals surface area contributed by atoms with Crippen LogP contribution in [0.15, 0.2) is 60.7 Å². The molecule has 1 aliphatic rings. The summed E-state index contributed by atoms with van der Waals surface area (Å²) in [7, 11) is 0. The minimum absolute atomic E-state index is 0.0260. The van der Waals surface area contributed by atoms with E-state index in [0.29, 0.717) is 29.9 Å². The van der Waals surface area contributed by atoms with Crippen molar-refractivity contribution in [1.82, 2.24) is 0 Å². The zero-order valence-corrected chi connectivity index (χ0v) is 17.7. The van der Waals surface area contributed by atoms with E-state index >= 15 is 0 Å². The Morgan fingerprint density at radius 1 is 1.19 bits per heavy atom. The number of amides is 2. The van der Waals surface area contributed by atoms with Gasteiger partial charge in [0.25, 0.3) is 11.8 Å². The number of rotatable bonds is 8. The summed E-state index contributed by atoms with van der Waals surface area (Å²) in [6.45, 7) is 3.37. The van der Waals surface area contributed by atoms with Gasteiger partial charge in [-0.1, -0.05) is 49.4 Å². The van der Waals surface area contributed by atoms with Crippen LogP contribution < -0.4 is 10.2 Å². The average Bonchev–Trinajstić information content (AvgIpc) is 2.97. The fourth-order valence-electron chi connectivity index (χ4n) is 3.71. The van der Waals surface area contributed by atoms with Gasteiger partial charge in [-0.15, -0.1) is 0 Å². The minimum Gasteiger partial charge on any atom is -0.396 e. The highest BCUT2D eigenvalue weighted by molar-refractivity contribution is 6.08. The smallest absolute Gasteiger partial charge is 0.264 e. The van der Waals surface area contributed by atoms with Gasteiger partial charge in [-0.05, 0) is 37.1 Å². The Hall–Kier alpha value is -3.00. The summed E-state index contributed by atoms with van der Waals surface area (Å²) in [6, 6.07) is 14.4. The third-order valence-corrected chi connectivity index (χ3v) is 5.48. The van der Waals surface area contributed by atoms with E-state index in [4.69, 9.17) is 5.11 Å². The Bertz CT molecular complexity index is 973. The quantitative estimate of drug-likeness (QED) is 0.486. The second-order valence-electron chi connectivity index (χ2n) is 7.77. The van der Waals surface area contributed by atoms with Crippen molar-refractivity contribution >= 4 is 23.2 Å². The van der Waals surface area contributed by atoms with Crippen molar-refractivity contribution < 1.29 is 24.9 Å². The van der Waals surface area contributed by atoms with E-state index in [1.807, 2.05) is 30.3 Å². The first-order valence-corrected chi connectivity index (χ1v) is 10.3. The van der Waals surface area contributed by atoms with E-state index in [-0.39, 0.29) is 6.61 Å². The van der Waals surface area contributed by atoms with Gasteiger partial charge in [0.2, 0.25) is 0 Å². The first-order valence-electron chi connectivity index (χ1n) is 10.3. The summed E-state index contributed by atoms with van der Waals surface area (Å²) in [5.74, 6) is -1.61.